The van der Waals surface area contributed by atoms with E-state index >= 15 is 0 Å². The predicted molar refractivity (Wildman–Crippen MR) is 124 cm³/mol. The largest absolute Gasteiger partial charge is 0.491 e. The molecule has 0 amide bonds. The molecule has 7 heteroatoms. The second kappa shape index (κ2) is 12.1. The van der Waals surface area contributed by atoms with Crippen LogP contribution in [0.3, 0.4) is 0 Å². The standard InChI is InChI=1S/C25H35FO5S/c1-2-3-16(25(29)30)4-10-20-11-13-22-21(23(28)14-24(22)32-20)12-7-18(27)15-31-19-8-5-17(26)6-9-19/h5-9,12,16,18,20-24,27-28H,2-4,10-11,13-15H2,1H3,(H,29,30)/b12-7+/t16?,18-,20+,21-,22-,23-,24+/m1/s1. The first-order valence-electron chi connectivity index (χ1n) is 11.7. The molecule has 5 nitrogen and oxygen atoms in total. The first-order valence-corrected chi connectivity index (χ1v) is 12.6. The molecule has 1 aromatic rings. The van der Waals surface area contributed by atoms with E-state index in [1.165, 1.54) is 24.3 Å². The van der Waals surface area contributed by atoms with Crippen LogP contribution in [0.1, 0.15) is 51.9 Å². The van der Waals surface area contributed by atoms with Gasteiger partial charge in [-0.2, -0.15) is 11.8 Å². The van der Waals surface area contributed by atoms with Crippen LogP contribution in [0.5, 0.6) is 5.75 Å². The number of carboxylic acids is 1. The Balaban J connectivity index is 1.46. The molecule has 2 fully saturated rings. The molecule has 1 aliphatic carbocycles. The van der Waals surface area contributed by atoms with Crippen LogP contribution in [0.4, 0.5) is 4.39 Å². The van der Waals surface area contributed by atoms with E-state index in [1.807, 2.05) is 24.8 Å². The van der Waals surface area contributed by atoms with Crippen LogP contribution in [-0.2, 0) is 4.79 Å². The Kier molecular flexibility index (Phi) is 9.44. The molecule has 1 aliphatic heterocycles. The van der Waals surface area contributed by atoms with Crippen LogP contribution in [0.25, 0.3) is 0 Å². The number of rotatable bonds is 11. The van der Waals surface area contributed by atoms with Crippen molar-refractivity contribution in [3.63, 3.8) is 0 Å². The Labute approximate surface area is 194 Å². The summed E-state index contributed by atoms with van der Waals surface area (Å²) in [7, 11) is 0. The summed E-state index contributed by atoms with van der Waals surface area (Å²) in [6.45, 7) is 2.09. The maximum atomic E-state index is 13.0. The van der Waals surface area contributed by atoms with E-state index in [4.69, 9.17) is 4.74 Å². The first-order chi connectivity index (χ1) is 15.4. The van der Waals surface area contributed by atoms with E-state index < -0.39 is 18.2 Å². The van der Waals surface area contributed by atoms with Crippen LogP contribution in [0.15, 0.2) is 36.4 Å². The highest BCUT2D eigenvalue weighted by molar-refractivity contribution is 8.00. The van der Waals surface area contributed by atoms with Gasteiger partial charge in [0, 0.05) is 16.4 Å². The Morgan fingerprint density at radius 2 is 2.03 bits per heavy atom. The zero-order chi connectivity index (χ0) is 23.1. The lowest BCUT2D eigenvalue weighted by molar-refractivity contribution is -0.142. The summed E-state index contributed by atoms with van der Waals surface area (Å²) in [5, 5.41) is 31.1. The molecule has 0 bridgehead atoms. The van der Waals surface area contributed by atoms with Gasteiger partial charge in [-0.25, -0.2) is 4.39 Å². The number of carbonyl (C=O) groups is 1. The molecule has 2 aliphatic rings. The van der Waals surface area contributed by atoms with Gasteiger partial charge in [0.1, 0.15) is 24.3 Å². The van der Waals surface area contributed by atoms with Crippen LogP contribution < -0.4 is 4.74 Å². The number of aliphatic hydroxyl groups excluding tert-OH is 2. The highest BCUT2D eigenvalue weighted by Crippen LogP contribution is 2.50. The average Bonchev–Trinajstić information content (AvgIpc) is 3.08. The molecule has 32 heavy (non-hydrogen) atoms. The van der Waals surface area contributed by atoms with E-state index in [9.17, 15) is 24.5 Å². The van der Waals surface area contributed by atoms with Gasteiger partial charge in [-0.15, -0.1) is 0 Å². The third-order valence-corrected chi connectivity index (χ3v) is 8.44. The Morgan fingerprint density at radius 1 is 1.28 bits per heavy atom. The van der Waals surface area contributed by atoms with Crippen LogP contribution in [0.2, 0.25) is 0 Å². The number of aliphatic hydroxyl groups is 2. The van der Waals surface area contributed by atoms with Gasteiger partial charge in [0.05, 0.1) is 12.0 Å². The molecule has 1 heterocycles. The molecule has 1 saturated carbocycles. The zero-order valence-corrected chi connectivity index (χ0v) is 19.4. The van der Waals surface area contributed by atoms with Crippen molar-refractivity contribution in [3.8, 4) is 5.75 Å². The minimum atomic E-state index is -0.804. The predicted octanol–water partition coefficient (Wildman–Crippen LogP) is 4.66. The molecule has 7 atom stereocenters. The van der Waals surface area contributed by atoms with Crippen molar-refractivity contribution in [2.45, 2.75) is 74.6 Å². The van der Waals surface area contributed by atoms with Crippen molar-refractivity contribution >= 4 is 17.7 Å². The van der Waals surface area contributed by atoms with Crippen molar-refractivity contribution in [2.24, 2.45) is 17.8 Å². The van der Waals surface area contributed by atoms with Gasteiger partial charge in [0.2, 0.25) is 0 Å². The number of halogens is 1. The SMILES string of the molecule is CCCC(CC[C@H]1CC[C@@H]2[C@@H](/C=C/[C@@H](O)COc3ccc(F)cc3)[C@H](O)C[C@@H]2S1)C(=O)O. The molecular formula is C25H35FO5S. The minimum Gasteiger partial charge on any atom is -0.491 e. The number of ether oxygens (including phenoxy) is 1. The lowest BCUT2D eigenvalue weighted by atomic mass is 9.87. The summed E-state index contributed by atoms with van der Waals surface area (Å²) >= 11 is 1.92. The summed E-state index contributed by atoms with van der Waals surface area (Å²) in [6.07, 6.45) is 8.45. The number of carboxylic acid groups (broad SMARTS) is 1. The fourth-order valence-corrected chi connectivity index (χ4v) is 6.83. The summed E-state index contributed by atoms with van der Waals surface area (Å²) < 4.78 is 18.4. The van der Waals surface area contributed by atoms with Crippen LogP contribution in [0, 0.1) is 23.6 Å². The number of hydrogen-bond acceptors (Lipinski definition) is 5. The normalized spacial score (nSPS) is 29.6. The highest BCUT2D eigenvalue weighted by Gasteiger charge is 2.44. The summed E-state index contributed by atoms with van der Waals surface area (Å²) in [5.41, 5.74) is 0. The second-order valence-corrected chi connectivity index (χ2v) is 10.6. The van der Waals surface area contributed by atoms with E-state index in [-0.39, 0.29) is 24.3 Å². The van der Waals surface area contributed by atoms with Gasteiger partial charge in [-0.1, -0.05) is 25.5 Å². The molecule has 3 N–H and O–H groups in total. The number of fused-ring (bicyclic) bond motifs is 1. The molecule has 0 aromatic heterocycles. The van der Waals surface area contributed by atoms with E-state index in [2.05, 4.69) is 0 Å². The lowest BCUT2D eigenvalue weighted by Crippen LogP contribution is -2.27. The van der Waals surface area contributed by atoms with Gasteiger partial charge in [0.15, 0.2) is 0 Å². The molecule has 1 unspecified atom stereocenters. The second-order valence-electron chi connectivity index (χ2n) is 9.04. The van der Waals surface area contributed by atoms with Gasteiger partial charge >= 0.3 is 5.97 Å². The molecule has 3 rings (SSSR count). The van der Waals surface area contributed by atoms with Crippen molar-refractivity contribution < 1.29 is 29.2 Å². The number of benzene rings is 1. The van der Waals surface area contributed by atoms with Gasteiger partial charge in [0.25, 0.3) is 0 Å². The minimum absolute atomic E-state index is 0.0146. The molecule has 178 valence electrons. The van der Waals surface area contributed by atoms with E-state index in [1.54, 1.807) is 6.08 Å². The summed E-state index contributed by atoms with van der Waals surface area (Å²) in [6, 6.07) is 5.67. The number of thioether (sulfide) groups is 1. The highest BCUT2D eigenvalue weighted by atomic mass is 32.2. The van der Waals surface area contributed by atoms with Crippen LogP contribution in [-0.4, -0.2) is 50.6 Å². The van der Waals surface area contributed by atoms with E-state index in [0.29, 0.717) is 22.2 Å². The van der Waals surface area contributed by atoms with Gasteiger partial charge in [-0.05, 0) is 68.7 Å². The maximum Gasteiger partial charge on any atom is 0.306 e. The number of aliphatic carboxylic acids is 1. The Bertz CT molecular complexity index is 755. The fraction of sp³-hybridized carbons (Fsp3) is 0.640. The monoisotopic (exact) mass is 466 g/mol. The quantitative estimate of drug-likeness (QED) is 0.411. The first kappa shape index (κ1) is 25.1. The van der Waals surface area contributed by atoms with Crippen molar-refractivity contribution in [1.29, 1.82) is 0 Å². The summed E-state index contributed by atoms with van der Waals surface area (Å²) in [4.78, 5) is 11.4. The summed E-state index contributed by atoms with van der Waals surface area (Å²) in [5.74, 6) is -0.383. The van der Waals surface area contributed by atoms with E-state index in [0.717, 1.165) is 44.9 Å². The molecule has 1 saturated heterocycles. The van der Waals surface area contributed by atoms with Gasteiger partial charge < -0.3 is 20.1 Å². The molecular weight excluding hydrogens is 431 g/mol. The maximum absolute atomic E-state index is 13.0. The lowest BCUT2D eigenvalue weighted by Gasteiger charge is -2.33. The molecule has 0 radical (unpaired) electrons. The third-order valence-electron chi connectivity index (χ3n) is 6.69. The molecule has 1 aromatic carbocycles. The number of hydrogen-bond donors (Lipinski definition) is 3. The van der Waals surface area contributed by atoms with Crippen LogP contribution >= 0.6 is 11.8 Å². The average molecular weight is 467 g/mol. The van der Waals surface area contributed by atoms with Crippen molar-refractivity contribution in [2.75, 3.05) is 6.61 Å². The smallest absolute Gasteiger partial charge is 0.306 e. The molecule has 0 spiro atoms. The van der Waals surface area contributed by atoms with Crippen molar-refractivity contribution in [3.05, 3.63) is 42.2 Å². The third kappa shape index (κ3) is 6.96. The van der Waals surface area contributed by atoms with Gasteiger partial charge in [-0.3, -0.25) is 4.79 Å². The van der Waals surface area contributed by atoms with Crippen molar-refractivity contribution in [1.82, 2.24) is 0 Å². The zero-order valence-electron chi connectivity index (χ0n) is 18.6. The topological polar surface area (TPSA) is 87.0 Å². The Hall–Kier alpha value is -1.57. The Morgan fingerprint density at radius 3 is 2.72 bits per heavy atom. The fourth-order valence-electron chi connectivity index (χ4n) is 4.97.